The van der Waals surface area contributed by atoms with Gasteiger partial charge in [-0.05, 0) is 12.3 Å². The van der Waals surface area contributed by atoms with Crippen molar-refractivity contribution in [1.82, 2.24) is 5.32 Å². The van der Waals surface area contributed by atoms with E-state index >= 15 is 0 Å². The Morgan fingerprint density at radius 3 is 2.73 bits per heavy atom. The molecule has 0 bridgehead atoms. The van der Waals surface area contributed by atoms with Gasteiger partial charge < -0.3 is 5.32 Å². The first-order valence-corrected chi connectivity index (χ1v) is 4.53. The van der Waals surface area contributed by atoms with Crippen LogP contribution in [0.5, 0.6) is 0 Å². The zero-order valence-corrected chi connectivity index (χ0v) is 6.94. The summed E-state index contributed by atoms with van der Waals surface area (Å²) in [5.74, 6) is 1.06. The van der Waals surface area contributed by atoms with E-state index in [2.05, 4.69) is 5.32 Å². The second-order valence-corrected chi connectivity index (χ2v) is 3.32. The molecule has 11 heavy (non-hydrogen) atoms. The Balaban J connectivity index is 1.69. The van der Waals surface area contributed by atoms with Crippen LogP contribution in [0.15, 0.2) is 0 Å². The van der Waals surface area contributed by atoms with Gasteiger partial charge in [-0.2, -0.15) is 0 Å². The largest absolute Gasteiger partial charge is 0.348 e. The third-order valence-corrected chi connectivity index (χ3v) is 2.18. The summed E-state index contributed by atoms with van der Waals surface area (Å²) in [5.41, 5.74) is 0. The van der Waals surface area contributed by atoms with Crippen LogP contribution in [0.3, 0.4) is 0 Å². The van der Waals surface area contributed by atoms with Gasteiger partial charge in [0.25, 0.3) is 0 Å². The molecule has 1 aliphatic carbocycles. The maximum atomic E-state index is 9.72. The Morgan fingerprint density at radius 1 is 1.27 bits per heavy atom. The van der Waals surface area contributed by atoms with E-state index < -0.39 is 0 Å². The molecule has 63 valence electrons. The standard InChI is InChI=1S/C9H16NO/c11-8-10-7-3-1-2-4-9-5-6-9/h9H,1-7H2,(H,10,11). The van der Waals surface area contributed by atoms with E-state index in [-0.39, 0.29) is 0 Å². The van der Waals surface area contributed by atoms with E-state index in [1.54, 1.807) is 6.41 Å². The van der Waals surface area contributed by atoms with E-state index in [9.17, 15) is 4.79 Å². The molecule has 0 aromatic rings. The summed E-state index contributed by atoms with van der Waals surface area (Å²) in [6, 6.07) is 0. The maximum absolute atomic E-state index is 9.72. The van der Waals surface area contributed by atoms with Gasteiger partial charge in [0.05, 0.1) is 0 Å². The Hall–Kier alpha value is -0.530. The molecule has 1 rings (SSSR count). The number of rotatable bonds is 7. The van der Waals surface area contributed by atoms with Crippen molar-refractivity contribution in [3.63, 3.8) is 0 Å². The number of carbonyl (C=O) groups excluding carboxylic acids is 1. The van der Waals surface area contributed by atoms with Crippen LogP contribution in [-0.4, -0.2) is 13.0 Å². The predicted octanol–water partition coefficient (Wildman–Crippen LogP) is 1.61. The Kier molecular flexibility index (Phi) is 4.02. The van der Waals surface area contributed by atoms with Gasteiger partial charge in [-0.1, -0.05) is 32.1 Å². The Bertz CT molecular complexity index is 110. The summed E-state index contributed by atoms with van der Waals surface area (Å²) in [6.45, 7) is 0.800. The molecule has 1 aliphatic rings. The number of amides is 1. The van der Waals surface area contributed by atoms with Crippen LogP contribution in [-0.2, 0) is 4.79 Å². The van der Waals surface area contributed by atoms with Crippen LogP contribution < -0.4 is 5.32 Å². The predicted molar refractivity (Wildman–Crippen MR) is 44.9 cm³/mol. The normalized spacial score (nSPS) is 16.4. The lowest BCUT2D eigenvalue weighted by Crippen LogP contribution is -2.11. The molecule has 1 N–H and O–H groups in total. The van der Waals surface area contributed by atoms with E-state index in [1.807, 2.05) is 0 Å². The van der Waals surface area contributed by atoms with E-state index in [4.69, 9.17) is 0 Å². The molecule has 0 heterocycles. The molecule has 1 radical (unpaired) electrons. The molecule has 0 atom stereocenters. The fourth-order valence-electron chi connectivity index (χ4n) is 1.28. The van der Waals surface area contributed by atoms with E-state index in [0.29, 0.717) is 0 Å². The van der Waals surface area contributed by atoms with Crippen LogP contribution in [0.25, 0.3) is 0 Å². The van der Waals surface area contributed by atoms with Crippen LogP contribution in [0.2, 0.25) is 0 Å². The SMILES string of the molecule is O=[C]NCCCCCC1CC1. The molecule has 0 aromatic heterocycles. The molecule has 1 saturated carbocycles. The van der Waals surface area contributed by atoms with Gasteiger partial charge in [0.2, 0.25) is 0 Å². The second-order valence-electron chi connectivity index (χ2n) is 3.32. The zero-order valence-electron chi connectivity index (χ0n) is 6.94. The number of hydrogen-bond donors (Lipinski definition) is 1. The maximum Gasteiger partial charge on any atom is 0.309 e. The summed E-state index contributed by atoms with van der Waals surface area (Å²) in [5, 5.41) is 2.55. The molecule has 1 amide bonds. The fraction of sp³-hybridized carbons (Fsp3) is 0.889. The second kappa shape index (κ2) is 5.16. The topological polar surface area (TPSA) is 29.1 Å². The van der Waals surface area contributed by atoms with Gasteiger partial charge in [0, 0.05) is 6.54 Å². The lowest BCUT2D eigenvalue weighted by molar-refractivity contribution is 0.534. The molecule has 2 nitrogen and oxygen atoms in total. The zero-order chi connectivity index (χ0) is 7.94. The van der Waals surface area contributed by atoms with Crippen LogP contribution in [0, 0.1) is 5.92 Å². The van der Waals surface area contributed by atoms with Crippen LogP contribution >= 0.6 is 0 Å². The highest BCUT2D eigenvalue weighted by molar-refractivity contribution is 5.46. The number of unbranched alkanes of at least 4 members (excludes halogenated alkanes) is 2. The van der Waals surface area contributed by atoms with Crippen molar-refractivity contribution in [2.75, 3.05) is 6.54 Å². The van der Waals surface area contributed by atoms with Crippen molar-refractivity contribution >= 4 is 6.41 Å². The minimum atomic E-state index is 0.800. The average molecular weight is 154 g/mol. The van der Waals surface area contributed by atoms with Crippen molar-refractivity contribution in [2.45, 2.75) is 38.5 Å². The third-order valence-electron chi connectivity index (χ3n) is 2.18. The molecule has 0 saturated heterocycles. The molecular weight excluding hydrogens is 138 g/mol. The van der Waals surface area contributed by atoms with Gasteiger partial charge in [-0.15, -0.1) is 0 Å². The highest BCUT2D eigenvalue weighted by Crippen LogP contribution is 2.33. The molecule has 0 unspecified atom stereocenters. The van der Waals surface area contributed by atoms with Gasteiger partial charge in [0.15, 0.2) is 0 Å². The first-order valence-electron chi connectivity index (χ1n) is 4.53. The minimum absolute atomic E-state index is 0.800. The van der Waals surface area contributed by atoms with Crippen LogP contribution in [0.1, 0.15) is 38.5 Å². The molecule has 2 heteroatoms. The average Bonchev–Trinajstić information content (AvgIpc) is 2.80. The quantitative estimate of drug-likeness (QED) is 0.438. The lowest BCUT2D eigenvalue weighted by Gasteiger charge is -1.98. The monoisotopic (exact) mass is 154 g/mol. The summed E-state index contributed by atoms with van der Waals surface area (Å²) in [4.78, 5) is 9.72. The first kappa shape index (κ1) is 8.57. The summed E-state index contributed by atoms with van der Waals surface area (Å²) in [6.07, 6.45) is 9.71. The van der Waals surface area contributed by atoms with Crippen molar-refractivity contribution < 1.29 is 4.79 Å². The molecule has 0 aromatic carbocycles. The van der Waals surface area contributed by atoms with Gasteiger partial charge in [0.1, 0.15) is 0 Å². The third kappa shape index (κ3) is 4.82. The minimum Gasteiger partial charge on any atom is -0.348 e. The molecule has 0 spiro atoms. The summed E-state index contributed by atoms with van der Waals surface area (Å²) in [7, 11) is 0. The number of nitrogens with one attached hydrogen (secondary N) is 1. The first-order chi connectivity index (χ1) is 5.43. The summed E-state index contributed by atoms with van der Waals surface area (Å²) < 4.78 is 0. The molecule has 0 aliphatic heterocycles. The van der Waals surface area contributed by atoms with Crippen molar-refractivity contribution in [3.8, 4) is 0 Å². The Morgan fingerprint density at radius 2 is 2.09 bits per heavy atom. The van der Waals surface area contributed by atoms with Crippen LogP contribution in [0.4, 0.5) is 0 Å². The Labute approximate surface area is 68.4 Å². The number of hydrogen-bond acceptors (Lipinski definition) is 1. The van der Waals surface area contributed by atoms with Crippen molar-refractivity contribution in [1.29, 1.82) is 0 Å². The summed E-state index contributed by atoms with van der Waals surface area (Å²) >= 11 is 0. The van der Waals surface area contributed by atoms with Gasteiger partial charge in [-0.25, -0.2) is 0 Å². The lowest BCUT2D eigenvalue weighted by atomic mass is 10.1. The van der Waals surface area contributed by atoms with Crippen molar-refractivity contribution in [2.24, 2.45) is 5.92 Å². The smallest absolute Gasteiger partial charge is 0.309 e. The fourth-order valence-corrected chi connectivity index (χ4v) is 1.28. The molecule has 1 fully saturated rings. The molecular formula is C9H16NO. The van der Waals surface area contributed by atoms with Gasteiger partial charge >= 0.3 is 6.41 Å². The highest BCUT2D eigenvalue weighted by atomic mass is 16.1. The van der Waals surface area contributed by atoms with E-state index in [0.717, 1.165) is 18.9 Å². The van der Waals surface area contributed by atoms with Gasteiger partial charge in [-0.3, -0.25) is 4.79 Å². The van der Waals surface area contributed by atoms with E-state index in [1.165, 1.54) is 32.1 Å². The highest BCUT2D eigenvalue weighted by Gasteiger charge is 2.19. The van der Waals surface area contributed by atoms with Crippen molar-refractivity contribution in [3.05, 3.63) is 0 Å².